The number of ether oxygens (including phenoxy) is 1. The summed E-state index contributed by atoms with van der Waals surface area (Å²) in [5.41, 5.74) is 10.5. The van der Waals surface area contributed by atoms with Gasteiger partial charge in [0.25, 0.3) is 0 Å². The van der Waals surface area contributed by atoms with Crippen molar-refractivity contribution in [3.8, 4) is 5.75 Å². The highest BCUT2D eigenvalue weighted by molar-refractivity contribution is 6.34. The molecule has 0 saturated heterocycles. The molecule has 0 saturated carbocycles. The zero-order chi connectivity index (χ0) is 19.2. The van der Waals surface area contributed by atoms with Gasteiger partial charge in [-0.3, -0.25) is 4.98 Å². The van der Waals surface area contributed by atoms with Crippen molar-refractivity contribution in [1.82, 2.24) is 19.5 Å². The van der Waals surface area contributed by atoms with E-state index in [1.807, 2.05) is 24.6 Å². The van der Waals surface area contributed by atoms with Crippen LogP contribution in [0.3, 0.4) is 0 Å². The maximum atomic E-state index is 6.41. The van der Waals surface area contributed by atoms with Crippen LogP contribution in [0, 0.1) is 13.8 Å². The molecule has 0 fully saturated rings. The molecule has 0 aliphatic heterocycles. The van der Waals surface area contributed by atoms with Gasteiger partial charge in [-0.1, -0.05) is 32.4 Å². The molecule has 0 amide bonds. The Labute approximate surface area is 158 Å². The number of aryl methyl sites for hydroxylation is 1. The van der Waals surface area contributed by atoms with Gasteiger partial charge in [0, 0.05) is 23.5 Å². The number of nitrogen functional groups attached to an aromatic ring is 1. The van der Waals surface area contributed by atoms with E-state index in [0.29, 0.717) is 17.3 Å². The average molecular weight is 374 g/mol. The molecule has 3 aromatic rings. The van der Waals surface area contributed by atoms with E-state index in [-0.39, 0.29) is 11.4 Å². The van der Waals surface area contributed by atoms with Gasteiger partial charge in [-0.2, -0.15) is 4.98 Å². The number of fused-ring (bicyclic) bond motifs is 1. The molecule has 0 aromatic carbocycles. The Hall–Kier alpha value is -2.34. The molecule has 0 aliphatic rings. The number of rotatable bonds is 3. The van der Waals surface area contributed by atoms with Gasteiger partial charge in [0.05, 0.1) is 24.7 Å². The van der Waals surface area contributed by atoms with Gasteiger partial charge in [0.2, 0.25) is 5.95 Å². The standard InChI is InChI=1S/C19H24ClN5O/c1-10-7-22-13(11(2)15(10)26-6)9-25-8-12(19(3,4)5)14-16(20)23-18(21)24-17(14)25/h7-8H,9H2,1-6H3,(H2,21,23,24). The SMILES string of the molecule is COc1c(C)cnc(Cn2cc(C(C)(C)C)c3c(Cl)nc(N)nc32)c1C. The summed E-state index contributed by atoms with van der Waals surface area (Å²) in [6.07, 6.45) is 3.89. The fraction of sp³-hybridized carbons (Fsp3) is 0.421. The molecule has 0 aliphatic carbocycles. The third-order valence-electron chi connectivity index (χ3n) is 4.57. The third-order valence-corrected chi connectivity index (χ3v) is 4.84. The second-order valence-electron chi connectivity index (χ2n) is 7.54. The Bertz CT molecular complexity index is 988. The third kappa shape index (κ3) is 3.09. The average Bonchev–Trinajstić information content (AvgIpc) is 2.90. The number of methoxy groups -OCH3 is 1. The molecule has 7 heteroatoms. The number of anilines is 1. The van der Waals surface area contributed by atoms with Gasteiger partial charge in [-0.25, -0.2) is 4.98 Å². The van der Waals surface area contributed by atoms with E-state index in [1.165, 1.54) is 0 Å². The van der Waals surface area contributed by atoms with Crippen LogP contribution in [-0.2, 0) is 12.0 Å². The first-order valence-electron chi connectivity index (χ1n) is 8.45. The van der Waals surface area contributed by atoms with E-state index >= 15 is 0 Å². The lowest BCUT2D eigenvalue weighted by Crippen LogP contribution is -2.11. The van der Waals surface area contributed by atoms with Crippen LogP contribution in [0.5, 0.6) is 5.75 Å². The maximum Gasteiger partial charge on any atom is 0.223 e. The number of hydrogen-bond donors (Lipinski definition) is 1. The first kappa shape index (κ1) is 18.5. The Morgan fingerprint density at radius 3 is 2.54 bits per heavy atom. The summed E-state index contributed by atoms with van der Waals surface area (Å²) in [6.45, 7) is 11.0. The van der Waals surface area contributed by atoms with Crippen LogP contribution in [0.25, 0.3) is 11.0 Å². The van der Waals surface area contributed by atoms with Crippen LogP contribution >= 0.6 is 11.6 Å². The first-order chi connectivity index (χ1) is 12.1. The summed E-state index contributed by atoms with van der Waals surface area (Å²) >= 11 is 6.41. The normalized spacial score (nSPS) is 12.0. The number of nitrogens with two attached hydrogens (primary N) is 1. The molecule has 3 aromatic heterocycles. The monoisotopic (exact) mass is 373 g/mol. The molecule has 26 heavy (non-hydrogen) atoms. The summed E-state index contributed by atoms with van der Waals surface area (Å²) in [7, 11) is 1.68. The van der Waals surface area contributed by atoms with Crippen molar-refractivity contribution in [3.05, 3.63) is 39.9 Å². The lowest BCUT2D eigenvalue weighted by atomic mass is 9.87. The number of hydrogen-bond acceptors (Lipinski definition) is 5. The number of halogens is 1. The Morgan fingerprint density at radius 1 is 1.23 bits per heavy atom. The number of pyridine rings is 1. The van der Waals surface area contributed by atoms with Crippen molar-refractivity contribution in [2.45, 2.75) is 46.6 Å². The van der Waals surface area contributed by atoms with Gasteiger partial charge in [0.15, 0.2) is 0 Å². The highest BCUT2D eigenvalue weighted by Crippen LogP contribution is 2.35. The molecule has 0 unspecified atom stereocenters. The fourth-order valence-electron chi connectivity index (χ4n) is 3.24. The lowest BCUT2D eigenvalue weighted by molar-refractivity contribution is 0.406. The van der Waals surface area contributed by atoms with Crippen LogP contribution in [0.4, 0.5) is 5.95 Å². The van der Waals surface area contributed by atoms with Crippen LogP contribution < -0.4 is 10.5 Å². The highest BCUT2D eigenvalue weighted by atomic mass is 35.5. The molecular formula is C19H24ClN5O. The second-order valence-corrected chi connectivity index (χ2v) is 7.90. The maximum absolute atomic E-state index is 6.41. The van der Waals surface area contributed by atoms with Crippen LogP contribution in [0.1, 0.15) is 43.2 Å². The summed E-state index contributed by atoms with van der Waals surface area (Å²) in [6, 6.07) is 0. The smallest absolute Gasteiger partial charge is 0.223 e. The summed E-state index contributed by atoms with van der Waals surface area (Å²) in [5, 5.41) is 1.22. The summed E-state index contributed by atoms with van der Waals surface area (Å²) in [5.74, 6) is 1.02. The molecule has 2 N–H and O–H groups in total. The van der Waals surface area contributed by atoms with Crippen molar-refractivity contribution < 1.29 is 4.74 Å². The molecule has 0 atom stereocenters. The van der Waals surface area contributed by atoms with E-state index in [9.17, 15) is 0 Å². The fourth-order valence-corrected chi connectivity index (χ4v) is 3.51. The van der Waals surface area contributed by atoms with Gasteiger partial charge >= 0.3 is 0 Å². The topological polar surface area (TPSA) is 78.8 Å². The van der Waals surface area contributed by atoms with Crippen molar-refractivity contribution in [3.63, 3.8) is 0 Å². The molecule has 0 spiro atoms. The largest absolute Gasteiger partial charge is 0.496 e. The second kappa shape index (κ2) is 6.43. The van der Waals surface area contributed by atoms with Crippen molar-refractivity contribution >= 4 is 28.6 Å². The molecule has 3 heterocycles. The van der Waals surface area contributed by atoms with Gasteiger partial charge in [-0.05, 0) is 24.8 Å². The van der Waals surface area contributed by atoms with E-state index in [1.54, 1.807) is 7.11 Å². The minimum atomic E-state index is -0.111. The van der Waals surface area contributed by atoms with Gasteiger partial charge in [-0.15, -0.1) is 0 Å². The molecule has 6 nitrogen and oxygen atoms in total. The van der Waals surface area contributed by atoms with Gasteiger partial charge < -0.3 is 15.0 Å². The minimum Gasteiger partial charge on any atom is -0.496 e. The minimum absolute atomic E-state index is 0.111. The summed E-state index contributed by atoms with van der Waals surface area (Å²) < 4.78 is 7.55. The zero-order valence-corrected chi connectivity index (χ0v) is 16.8. The Kier molecular flexibility index (Phi) is 4.56. The zero-order valence-electron chi connectivity index (χ0n) is 16.0. The first-order valence-corrected chi connectivity index (χ1v) is 8.82. The predicted molar refractivity (Wildman–Crippen MR) is 105 cm³/mol. The quantitative estimate of drug-likeness (QED) is 0.701. The molecule has 3 rings (SSSR count). The van der Waals surface area contributed by atoms with E-state index in [0.717, 1.165) is 33.5 Å². The van der Waals surface area contributed by atoms with Crippen LogP contribution in [0.2, 0.25) is 5.15 Å². The molecule has 0 radical (unpaired) electrons. The Balaban J connectivity index is 2.21. The number of nitrogens with zero attached hydrogens (tertiary/aromatic N) is 4. The van der Waals surface area contributed by atoms with Crippen LogP contribution in [0.15, 0.2) is 12.4 Å². The molecule has 138 valence electrons. The van der Waals surface area contributed by atoms with E-state index < -0.39 is 0 Å². The highest BCUT2D eigenvalue weighted by Gasteiger charge is 2.24. The van der Waals surface area contributed by atoms with Crippen molar-refractivity contribution in [1.29, 1.82) is 0 Å². The van der Waals surface area contributed by atoms with Gasteiger partial charge in [0.1, 0.15) is 16.5 Å². The summed E-state index contributed by atoms with van der Waals surface area (Å²) in [4.78, 5) is 13.2. The van der Waals surface area contributed by atoms with E-state index in [4.69, 9.17) is 22.1 Å². The molecular weight excluding hydrogens is 350 g/mol. The molecule has 0 bridgehead atoms. The van der Waals surface area contributed by atoms with Crippen LogP contribution in [-0.4, -0.2) is 26.6 Å². The van der Waals surface area contributed by atoms with Crippen molar-refractivity contribution in [2.24, 2.45) is 0 Å². The van der Waals surface area contributed by atoms with E-state index in [2.05, 4.69) is 41.9 Å². The Morgan fingerprint density at radius 2 is 1.92 bits per heavy atom. The predicted octanol–water partition coefficient (Wildman–Crippen LogP) is 4.03. The number of aromatic nitrogens is 4. The lowest BCUT2D eigenvalue weighted by Gasteiger charge is -2.17. The van der Waals surface area contributed by atoms with Crippen molar-refractivity contribution in [2.75, 3.05) is 12.8 Å².